The van der Waals surface area contributed by atoms with Gasteiger partial charge in [-0.2, -0.15) is 0 Å². The molecule has 0 fully saturated rings. The van der Waals surface area contributed by atoms with E-state index >= 15 is 0 Å². The lowest BCUT2D eigenvalue weighted by molar-refractivity contribution is 0.494. The highest BCUT2D eigenvalue weighted by Gasteiger charge is 2.11. The van der Waals surface area contributed by atoms with E-state index in [4.69, 9.17) is 14.6 Å². The fourth-order valence-corrected chi connectivity index (χ4v) is 2.63. The van der Waals surface area contributed by atoms with E-state index in [2.05, 4.69) is 10.2 Å². The zero-order valence-electron chi connectivity index (χ0n) is 10.9. The van der Waals surface area contributed by atoms with Crippen molar-refractivity contribution >= 4 is 17.4 Å². The Morgan fingerprint density at radius 3 is 2.95 bits per heavy atom. The Bertz CT molecular complexity index is 707. The van der Waals surface area contributed by atoms with Gasteiger partial charge >= 0.3 is 0 Å². The van der Waals surface area contributed by atoms with Gasteiger partial charge in [-0.25, -0.2) is 0 Å². The molecule has 0 spiro atoms. The first-order valence-corrected chi connectivity index (χ1v) is 7.06. The molecule has 0 atom stereocenters. The molecule has 0 aliphatic carbocycles. The Kier molecular flexibility index (Phi) is 3.47. The molecule has 2 N–H and O–H groups in total. The van der Waals surface area contributed by atoms with Crippen molar-refractivity contribution in [3.05, 3.63) is 48.0 Å². The standard InChI is InChI=1S/C14H13N3O2S/c1-9-4-5-10(15)7-12(9)20-8-13-16-17-14(19-13)11-3-2-6-18-11/h2-7H,8,15H2,1H3. The SMILES string of the molecule is Cc1ccc(N)cc1SCc1nnc(-c2ccco2)o1. The van der Waals surface area contributed by atoms with Gasteiger partial charge in [-0.1, -0.05) is 6.07 Å². The molecule has 0 radical (unpaired) electrons. The fraction of sp³-hybridized carbons (Fsp3) is 0.143. The number of anilines is 1. The second-order valence-corrected chi connectivity index (χ2v) is 5.31. The highest BCUT2D eigenvalue weighted by atomic mass is 32.2. The Balaban J connectivity index is 1.71. The number of rotatable bonds is 4. The maximum Gasteiger partial charge on any atom is 0.283 e. The van der Waals surface area contributed by atoms with E-state index in [0.29, 0.717) is 23.3 Å². The molecule has 102 valence electrons. The lowest BCUT2D eigenvalue weighted by Gasteiger charge is -2.04. The molecule has 0 aliphatic rings. The van der Waals surface area contributed by atoms with Gasteiger partial charge in [-0.05, 0) is 36.8 Å². The molecule has 0 amide bonds. The first-order valence-electron chi connectivity index (χ1n) is 6.07. The molecule has 0 saturated heterocycles. The van der Waals surface area contributed by atoms with Crippen LogP contribution < -0.4 is 5.73 Å². The third-order valence-electron chi connectivity index (χ3n) is 2.76. The van der Waals surface area contributed by atoms with E-state index in [9.17, 15) is 0 Å². The molecule has 2 aromatic heterocycles. The Morgan fingerprint density at radius 2 is 2.15 bits per heavy atom. The summed E-state index contributed by atoms with van der Waals surface area (Å²) in [6, 6.07) is 9.40. The molecule has 0 saturated carbocycles. The molecule has 1 aromatic carbocycles. The Hall–Kier alpha value is -2.21. The van der Waals surface area contributed by atoms with Gasteiger partial charge in [-0.3, -0.25) is 0 Å². The average Bonchev–Trinajstić information content (AvgIpc) is 3.09. The van der Waals surface area contributed by atoms with Crippen molar-refractivity contribution in [2.45, 2.75) is 17.6 Å². The largest absolute Gasteiger partial charge is 0.459 e. The highest BCUT2D eigenvalue weighted by Crippen LogP contribution is 2.28. The van der Waals surface area contributed by atoms with Crippen LogP contribution in [-0.4, -0.2) is 10.2 Å². The lowest BCUT2D eigenvalue weighted by Crippen LogP contribution is -1.88. The molecule has 6 heteroatoms. The van der Waals surface area contributed by atoms with Gasteiger partial charge in [0.1, 0.15) is 0 Å². The maximum absolute atomic E-state index is 5.79. The molecule has 2 heterocycles. The molecule has 5 nitrogen and oxygen atoms in total. The minimum atomic E-state index is 0.398. The van der Waals surface area contributed by atoms with Crippen LogP contribution in [0.5, 0.6) is 0 Å². The number of thioether (sulfide) groups is 1. The molecule has 3 aromatic rings. The van der Waals surface area contributed by atoms with Crippen LogP contribution in [0.1, 0.15) is 11.5 Å². The first-order chi connectivity index (χ1) is 9.72. The van der Waals surface area contributed by atoms with Crippen LogP contribution in [0.25, 0.3) is 11.7 Å². The summed E-state index contributed by atoms with van der Waals surface area (Å²) in [5.41, 5.74) is 7.71. The number of nitrogens with two attached hydrogens (primary N) is 1. The van der Waals surface area contributed by atoms with Crippen molar-refractivity contribution in [1.82, 2.24) is 10.2 Å². The minimum Gasteiger partial charge on any atom is -0.459 e. The molecule has 3 rings (SSSR count). The van der Waals surface area contributed by atoms with E-state index in [1.165, 1.54) is 5.56 Å². The summed E-state index contributed by atoms with van der Waals surface area (Å²) in [5, 5.41) is 7.97. The predicted molar refractivity (Wildman–Crippen MR) is 77.2 cm³/mol. The van der Waals surface area contributed by atoms with Crippen LogP contribution in [0, 0.1) is 6.92 Å². The van der Waals surface area contributed by atoms with Crippen LogP contribution in [0.3, 0.4) is 0 Å². The third-order valence-corrected chi connectivity index (χ3v) is 3.90. The van der Waals surface area contributed by atoms with Crippen LogP contribution in [-0.2, 0) is 5.75 Å². The van der Waals surface area contributed by atoms with Gasteiger partial charge in [0, 0.05) is 10.6 Å². The smallest absolute Gasteiger partial charge is 0.283 e. The van der Waals surface area contributed by atoms with Crippen LogP contribution in [0.4, 0.5) is 5.69 Å². The van der Waals surface area contributed by atoms with Gasteiger partial charge in [0.15, 0.2) is 5.76 Å². The van der Waals surface area contributed by atoms with Gasteiger partial charge in [0.25, 0.3) is 5.89 Å². The second-order valence-electron chi connectivity index (χ2n) is 4.29. The molecule has 0 bridgehead atoms. The number of aryl methyl sites for hydroxylation is 1. The first kappa shape index (κ1) is 12.8. The van der Waals surface area contributed by atoms with Crippen LogP contribution in [0.2, 0.25) is 0 Å². The number of nitrogen functional groups attached to an aromatic ring is 1. The summed E-state index contributed by atoms with van der Waals surface area (Å²) >= 11 is 1.62. The topological polar surface area (TPSA) is 78.1 Å². The van der Waals surface area contributed by atoms with Gasteiger partial charge < -0.3 is 14.6 Å². The lowest BCUT2D eigenvalue weighted by atomic mass is 10.2. The number of hydrogen-bond donors (Lipinski definition) is 1. The number of benzene rings is 1. The molecular weight excluding hydrogens is 274 g/mol. The molecule has 20 heavy (non-hydrogen) atoms. The van der Waals surface area contributed by atoms with Gasteiger partial charge in [0.05, 0.1) is 12.0 Å². The minimum absolute atomic E-state index is 0.398. The van der Waals surface area contributed by atoms with Crippen LogP contribution in [0.15, 0.2) is 50.3 Å². The number of furan rings is 1. The van der Waals surface area contributed by atoms with Crippen molar-refractivity contribution in [3.8, 4) is 11.7 Å². The molecule has 0 aliphatic heterocycles. The van der Waals surface area contributed by atoms with E-state index < -0.39 is 0 Å². The summed E-state index contributed by atoms with van der Waals surface area (Å²) in [6.45, 7) is 2.05. The monoisotopic (exact) mass is 287 g/mol. The average molecular weight is 287 g/mol. The Morgan fingerprint density at radius 1 is 1.25 bits per heavy atom. The van der Waals surface area contributed by atoms with E-state index in [1.807, 2.05) is 25.1 Å². The summed E-state index contributed by atoms with van der Waals surface area (Å²) in [4.78, 5) is 1.11. The maximum atomic E-state index is 5.79. The summed E-state index contributed by atoms with van der Waals surface area (Å²) in [5.74, 6) is 2.13. The van der Waals surface area contributed by atoms with Crippen molar-refractivity contribution in [2.75, 3.05) is 5.73 Å². The third kappa shape index (κ3) is 2.70. The number of aromatic nitrogens is 2. The zero-order chi connectivity index (χ0) is 13.9. The van der Waals surface area contributed by atoms with Gasteiger partial charge in [0.2, 0.25) is 5.89 Å². The van der Waals surface area contributed by atoms with Crippen molar-refractivity contribution in [3.63, 3.8) is 0 Å². The highest BCUT2D eigenvalue weighted by molar-refractivity contribution is 7.98. The number of nitrogens with zero attached hydrogens (tertiary/aromatic N) is 2. The molecule has 0 unspecified atom stereocenters. The molecular formula is C14H13N3O2S. The number of hydrogen-bond acceptors (Lipinski definition) is 6. The fourth-order valence-electron chi connectivity index (χ4n) is 1.72. The summed E-state index contributed by atoms with van der Waals surface area (Å²) < 4.78 is 10.8. The van der Waals surface area contributed by atoms with E-state index in [1.54, 1.807) is 30.2 Å². The Labute approximate surface area is 120 Å². The van der Waals surface area contributed by atoms with Gasteiger partial charge in [-0.15, -0.1) is 22.0 Å². The zero-order valence-corrected chi connectivity index (χ0v) is 11.7. The van der Waals surface area contributed by atoms with Crippen molar-refractivity contribution < 1.29 is 8.83 Å². The normalized spacial score (nSPS) is 10.8. The summed E-state index contributed by atoms with van der Waals surface area (Å²) in [6.07, 6.45) is 1.57. The van der Waals surface area contributed by atoms with Crippen molar-refractivity contribution in [1.29, 1.82) is 0 Å². The predicted octanol–water partition coefficient (Wildman–Crippen LogP) is 3.51. The second kappa shape index (κ2) is 5.42. The quantitative estimate of drug-likeness (QED) is 0.584. The van der Waals surface area contributed by atoms with E-state index in [0.717, 1.165) is 10.6 Å². The summed E-state index contributed by atoms with van der Waals surface area (Å²) in [7, 11) is 0. The van der Waals surface area contributed by atoms with Crippen molar-refractivity contribution in [2.24, 2.45) is 0 Å². The van der Waals surface area contributed by atoms with E-state index in [-0.39, 0.29) is 0 Å². The van der Waals surface area contributed by atoms with Crippen LogP contribution >= 0.6 is 11.8 Å².